The summed E-state index contributed by atoms with van der Waals surface area (Å²) in [6.07, 6.45) is 3.43. The first-order chi connectivity index (χ1) is 12.3. The molecule has 144 valence electrons. The van der Waals surface area contributed by atoms with Gasteiger partial charge in [0.25, 0.3) is 0 Å². The average Bonchev–Trinajstić information content (AvgIpc) is 2.58. The van der Waals surface area contributed by atoms with Gasteiger partial charge in [-0.15, -0.1) is 11.8 Å². The summed E-state index contributed by atoms with van der Waals surface area (Å²) in [7, 11) is 0. The maximum Gasteiger partial charge on any atom is 0.429 e. The standard InChI is InChI=1S/C21H32N2O2S/c1-7-12-19(26-16-18-13-10-9-11-14-18)17(3)23(22-15-8-2)20(24)25-21(4,5)6/h9-14,22H,3,7-8,15-16H2,1-2,4-6H3/b19-12+. The highest BCUT2D eigenvalue weighted by molar-refractivity contribution is 8.02. The molecule has 0 aliphatic rings. The number of hydrogen-bond acceptors (Lipinski definition) is 4. The number of carbonyl (C=O) groups is 1. The number of carbonyl (C=O) groups excluding carboxylic acids is 1. The first-order valence-corrected chi connectivity index (χ1v) is 10.1. The highest BCUT2D eigenvalue weighted by Gasteiger charge is 2.25. The Kier molecular flexibility index (Phi) is 9.52. The largest absolute Gasteiger partial charge is 0.442 e. The van der Waals surface area contributed by atoms with Crippen LogP contribution in [0, 0.1) is 0 Å². The highest BCUT2D eigenvalue weighted by atomic mass is 32.2. The number of nitrogens with one attached hydrogen (secondary N) is 1. The average molecular weight is 377 g/mol. The van der Waals surface area contributed by atoms with E-state index in [-0.39, 0.29) is 0 Å². The molecule has 0 aliphatic carbocycles. The van der Waals surface area contributed by atoms with Gasteiger partial charge < -0.3 is 4.74 Å². The smallest absolute Gasteiger partial charge is 0.429 e. The lowest BCUT2D eigenvalue weighted by Gasteiger charge is -2.29. The number of nitrogens with zero attached hydrogens (tertiary/aromatic N) is 1. The van der Waals surface area contributed by atoms with Gasteiger partial charge in [0.1, 0.15) is 5.60 Å². The summed E-state index contributed by atoms with van der Waals surface area (Å²) < 4.78 is 5.54. The maximum absolute atomic E-state index is 12.6. The van der Waals surface area contributed by atoms with Crippen molar-refractivity contribution in [1.82, 2.24) is 10.4 Å². The molecule has 0 bridgehead atoms. The number of thioether (sulfide) groups is 1. The number of hydrogen-bond donors (Lipinski definition) is 1. The molecule has 4 nitrogen and oxygen atoms in total. The Labute approximate surface area is 162 Å². The van der Waals surface area contributed by atoms with E-state index in [4.69, 9.17) is 4.74 Å². The Hall–Kier alpha value is -1.72. The van der Waals surface area contributed by atoms with Crippen molar-refractivity contribution >= 4 is 17.9 Å². The SMILES string of the molecule is C=C(/C(=C\CC)SCc1ccccc1)N(NCCC)C(=O)OC(C)(C)C. The molecule has 1 N–H and O–H groups in total. The fourth-order valence-electron chi connectivity index (χ4n) is 2.09. The van der Waals surface area contributed by atoms with Gasteiger partial charge in [-0.1, -0.05) is 56.8 Å². The molecule has 0 saturated carbocycles. The van der Waals surface area contributed by atoms with E-state index in [2.05, 4.69) is 44.1 Å². The van der Waals surface area contributed by atoms with Crippen molar-refractivity contribution in [1.29, 1.82) is 0 Å². The molecular weight excluding hydrogens is 344 g/mol. The molecule has 26 heavy (non-hydrogen) atoms. The molecule has 0 unspecified atom stereocenters. The van der Waals surface area contributed by atoms with E-state index in [1.54, 1.807) is 11.8 Å². The van der Waals surface area contributed by atoms with E-state index < -0.39 is 11.7 Å². The Balaban J connectivity index is 2.91. The fraction of sp³-hybridized carbons (Fsp3) is 0.476. The molecule has 0 aliphatic heterocycles. The number of hydrazine groups is 1. The molecule has 1 amide bonds. The molecule has 1 rings (SSSR count). The Morgan fingerprint density at radius 1 is 1.27 bits per heavy atom. The third kappa shape index (κ3) is 8.11. The van der Waals surface area contributed by atoms with Crippen LogP contribution in [0.15, 0.2) is 53.6 Å². The maximum atomic E-state index is 12.6. The second-order valence-electron chi connectivity index (χ2n) is 6.92. The van der Waals surface area contributed by atoms with Gasteiger partial charge in [-0.2, -0.15) is 0 Å². The molecule has 0 saturated heterocycles. The summed E-state index contributed by atoms with van der Waals surface area (Å²) >= 11 is 1.68. The van der Waals surface area contributed by atoms with Crippen LogP contribution in [0.4, 0.5) is 4.79 Å². The summed E-state index contributed by atoms with van der Waals surface area (Å²) in [5.74, 6) is 0.821. The van der Waals surface area contributed by atoms with Crippen LogP contribution >= 0.6 is 11.8 Å². The monoisotopic (exact) mass is 376 g/mol. The number of allylic oxidation sites excluding steroid dienone is 1. The van der Waals surface area contributed by atoms with Gasteiger partial charge in [0.05, 0.1) is 5.70 Å². The van der Waals surface area contributed by atoms with Crippen LogP contribution in [-0.2, 0) is 10.5 Å². The van der Waals surface area contributed by atoms with Crippen LogP contribution < -0.4 is 5.43 Å². The van der Waals surface area contributed by atoms with Crippen LogP contribution in [0.1, 0.15) is 53.0 Å². The summed E-state index contributed by atoms with van der Waals surface area (Å²) in [6, 6.07) is 10.3. The predicted molar refractivity (Wildman–Crippen MR) is 112 cm³/mol. The van der Waals surface area contributed by atoms with Crippen LogP contribution in [0.2, 0.25) is 0 Å². The van der Waals surface area contributed by atoms with Gasteiger partial charge >= 0.3 is 6.09 Å². The van der Waals surface area contributed by atoms with Crippen molar-refractivity contribution in [3.8, 4) is 0 Å². The zero-order valence-electron chi connectivity index (χ0n) is 16.7. The predicted octanol–water partition coefficient (Wildman–Crippen LogP) is 5.88. The third-order valence-electron chi connectivity index (χ3n) is 3.28. The lowest BCUT2D eigenvalue weighted by molar-refractivity contribution is 0.0231. The molecular formula is C21H32N2O2S. The van der Waals surface area contributed by atoms with E-state index >= 15 is 0 Å². The lowest BCUT2D eigenvalue weighted by atomic mass is 10.2. The molecule has 0 heterocycles. The van der Waals surface area contributed by atoms with Crippen molar-refractivity contribution in [2.75, 3.05) is 6.54 Å². The Morgan fingerprint density at radius 3 is 2.46 bits per heavy atom. The van der Waals surface area contributed by atoms with Crippen molar-refractivity contribution in [3.05, 3.63) is 59.2 Å². The molecule has 1 aromatic carbocycles. The van der Waals surface area contributed by atoms with E-state index in [0.717, 1.165) is 23.5 Å². The minimum absolute atomic E-state index is 0.432. The lowest BCUT2D eigenvalue weighted by Crippen LogP contribution is -2.45. The van der Waals surface area contributed by atoms with Crippen molar-refractivity contribution in [2.45, 2.75) is 58.8 Å². The first kappa shape index (κ1) is 22.3. The van der Waals surface area contributed by atoms with Crippen LogP contribution in [0.5, 0.6) is 0 Å². The normalized spacial score (nSPS) is 12.0. The number of amides is 1. The Bertz CT molecular complexity index is 606. The fourth-order valence-corrected chi connectivity index (χ4v) is 3.15. The van der Waals surface area contributed by atoms with Gasteiger partial charge in [0.15, 0.2) is 0 Å². The molecule has 0 spiro atoms. The molecule has 1 aromatic rings. The van der Waals surface area contributed by atoms with Gasteiger partial charge in [-0.3, -0.25) is 0 Å². The van der Waals surface area contributed by atoms with Crippen LogP contribution in [-0.4, -0.2) is 23.2 Å². The van der Waals surface area contributed by atoms with Gasteiger partial charge in [-0.25, -0.2) is 15.2 Å². The Morgan fingerprint density at radius 2 is 1.92 bits per heavy atom. The van der Waals surface area contributed by atoms with E-state index in [0.29, 0.717) is 12.2 Å². The minimum atomic E-state index is -0.560. The number of rotatable bonds is 9. The molecule has 0 radical (unpaired) electrons. The summed E-state index contributed by atoms with van der Waals surface area (Å²) in [5, 5.41) is 1.44. The molecule has 0 atom stereocenters. The number of benzene rings is 1. The van der Waals surface area contributed by atoms with Gasteiger partial charge in [0.2, 0.25) is 0 Å². The number of ether oxygens (including phenoxy) is 1. The quantitative estimate of drug-likeness (QED) is 0.432. The molecule has 0 aromatic heterocycles. The molecule has 5 heteroatoms. The van der Waals surface area contributed by atoms with Crippen molar-refractivity contribution in [2.24, 2.45) is 0 Å². The van der Waals surface area contributed by atoms with E-state index in [1.165, 1.54) is 10.6 Å². The van der Waals surface area contributed by atoms with E-state index in [9.17, 15) is 4.79 Å². The summed E-state index contributed by atoms with van der Waals surface area (Å²) in [4.78, 5) is 13.6. The van der Waals surface area contributed by atoms with Crippen LogP contribution in [0.25, 0.3) is 0 Å². The van der Waals surface area contributed by atoms with Crippen molar-refractivity contribution < 1.29 is 9.53 Å². The minimum Gasteiger partial charge on any atom is -0.442 e. The first-order valence-electron chi connectivity index (χ1n) is 9.11. The van der Waals surface area contributed by atoms with E-state index in [1.807, 2.05) is 39.0 Å². The zero-order valence-corrected chi connectivity index (χ0v) is 17.5. The topological polar surface area (TPSA) is 41.6 Å². The summed E-state index contributed by atoms with van der Waals surface area (Å²) in [5.41, 5.74) is 4.43. The molecule has 0 fully saturated rings. The van der Waals surface area contributed by atoms with Gasteiger partial charge in [0, 0.05) is 17.2 Å². The second kappa shape index (κ2) is 11.1. The van der Waals surface area contributed by atoms with Gasteiger partial charge in [-0.05, 0) is 39.2 Å². The van der Waals surface area contributed by atoms with Crippen molar-refractivity contribution in [3.63, 3.8) is 0 Å². The highest BCUT2D eigenvalue weighted by Crippen LogP contribution is 2.29. The second-order valence-corrected chi connectivity index (χ2v) is 7.94. The van der Waals surface area contributed by atoms with Crippen LogP contribution in [0.3, 0.4) is 0 Å². The third-order valence-corrected chi connectivity index (χ3v) is 4.47. The zero-order chi connectivity index (χ0) is 19.6. The summed E-state index contributed by atoms with van der Waals surface area (Å²) in [6.45, 7) is 14.5.